The molecular weight excluding hydrogens is 236 g/mol. The molecule has 0 saturated carbocycles. The number of hydrogen-bond acceptors (Lipinski definition) is 4. The summed E-state index contributed by atoms with van der Waals surface area (Å²) in [4.78, 5) is 13.9. The summed E-state index contributed by atoms with van der Waals surface area (Å²) in [5.74, 6) is 0.954. The Hall–Kier alpha value is -0.260. The van der Waals surface area contributed by atoms with Crippen LogP contribution in [0.2, 0.25) is 0 Å². The molecule has 0 spiro atoms. The van der Waals surface area contributed by atoms with Crippen molar-refractivity contribution in [3.05, 3.63) is 0 Å². The van der Waals surface area contributed by atoms with Gasteiger partial charge < -0.3 is 15.7 Å². The highest BCUT2D eigenvalue weighted by molar-refractivity contribution is 7.98. The Bertz CT molecular complexity index is 259. The number of rotatable bonds is 4. The molecule has 1 fully saturated rings. The number of thioether (sulfide) groups is 1. The molecule has 0 aromatic heterocycles. The van der Waals surface area contributed by atoms with Crippen molar-refractivity contribution >= 4 is 17.7 Å². The predicted octanol–water partition coefficient (Wildman–Crippen LogP) is 0.830. The molecular formula is C12H24N2O2S. The Labute approximate surface area is 108 Å². The smallest absolute Gasteiger partial charge is 0.239 e. The fourth-order valence-corrected chi connectivity index (χ4v) is 2.58. The van der Waals surface area contributed by atoms with E-state index < -0.39 is 5.60 Å². The average Bonchev–Trinajstić information content (AvgIpc) is 2.46. The Morgan fingerprint density at radius 1 is 1.53 bits per heavy atom. The molecule has 0 aromatic carbocycles. The van der Waals surface area contributed by atoms with Crippen LogP contribution >= 0.6 is 11.8 Å². The van der Waals surface area contributed by atoms with Crippen LogP contribution in [-0.2, 0) is 4.79 Å². The Morgan fingerprint density at radius 2 is 2.24 bits per heavy atom. The molecule has 100 valence electrons. The zero-order chi connectivity index (χ0) is 12.9. The maximum atomic E-state index is 12.1. The second kappa shape index (κ2) is 6.61. The molecule has 0 aromatic rings. The van der Waals surface area contributed by atoms with E-state index >= 15 is 0 Å². The number of likely N-dealkylation sites (tertiary alicyclic amines) is 1. The first-order valence-corrected chi connectivity index (χ1v) is 7.61. The highest BCUT2D eigenvalue weighted by Crippen LogP contribution is 2.21. The third-order valence-corrected chi connectivity index (χ3v) is 3.97. The van der Waals surface area contributed by atoms with Crippen LogP contribution in [-0.4, -0.2) is 52.7 Å². The summed E-state index contributed by atoms with van der Waals surface area (Å²) >= 11 is 1.71. The van der Waals surface area contributed by atoms with Crippen LogP contribution in [0.1, 0.15) is 32.6 Å². The van der Waals surface area contributed by atoms with E-state index in [4.69, 9.17) is 5.73 Å². The lowest BCUT2D eigenvalue weighted by atomic mass is 9.98. The van der Waals surface area contributed by atoms with Gasteiger partial charge in [-0.05, 0) is 44.6 Å². The third-order valence-electron chi connectivity index (χ3n) is 3.33. The number of carbonyl (C=O) groups is 1. The minimum Gasteiger partial charge on any atom is -0.390 e. The van der Waals surface area contributed by atoms with Gasteiger partial charge in [0.05, 0.1) is 11.6 Å². The lowest BCUT2D eigenvalue weighted by molar-refractivity contribution is -0.132. The first kappa shape index (κ1) is 14.8. The van der Waals surface area contributed by atoms with Crippen molar-refractivity contribution in [2.45, 2.75) is 44.2 Å². The normalized spacial score (nSPS) is 27.6. The summed E-state index contributed by atoms with van der Waals surface area (Å²) in [5, 5.41) is 9.96. The fourth-order valence-electron chi connectivity index (χ4n) is 2.09. The van der Waals surface area contributed by atoms with E-state index in [1.807, 2.05) is 18.1 Å². The molecule has 3 N–H and O–H groups in total. The maximum absolute atomic E-state index is 12.1. The Kier molecular flexibility index (Phi) is 5.76. The van der Waals surface area contributed by atoms with E-state index in [1.54, 1.807) is 11.8 Å². The molecule has 0 bridgehead atoms. The van der Waals surface area contributed by atoms with Crippen molar-refractivity contribution in [2.75, 3.05) is 25.1 Å². The van der Waals surface area contributed by atoms with Crippen LogP contribution in [0.15, 0.2) is 0 Å². The molecule has 5 heteroatoms. The van der Waals surface area contributed by atoms with Crippen LogP contribution in [0.25, 0.3) is 0 Å². The van der Waals surface area contributed by atoms with E-state index in [-0.39, 0.29) is 11.9 Å². The van der Waals surface area contributed by atoms with Gasteiger partial charge >= 0.3 is 0 Å². The van der Waals surface area contributed by atoms with Crippen molar-refractivity contribution in [2.24, 2.45) is 5.73 Å². The van der Waals surface area contributed by atoms with Crippen LogP contribution in [0.3, 0.4) is 0 Å². The van der Waals surface area contributed by atoms with Gasteiger partial charge in [-0.1, -0.05) is 0 Å². The molecule has 1 aliphatic heterocycles. The zero-order valence-corrected chi connectivity index (χ0v) is 11.6. The summed E-state index contributed by atoms with van der Waals surface area (Å²) < 4.78 is 0. The van der Waals surface area contributed by atoms with Gasteiger partial charge in [-0.3, -0.25) is 4.79 Å². The monoisotopic (exact) mass is 260 g/mol. The Morgan fingerprint density at radius 3 is 2.88 bits per heavy atom. The topological polar surface area (TPSA) is 66.6 Å². The molecule has 0 aliphatic carbocycles. The van der Waals surface area contributed by atoms with Crippen molar-refractivity contribution in [1.29, 1.82) is 0 Å². The number of aliphatic hydroxyl groups is 1. The number of carbonyl (C=O) groups excluding carboxylic acids is 1. The maximum Gasteiger partial charge on any atom is 0.239 e. The summed E-state index contributed by atoms with van der Waals surface area (Å²) in [6, 6.07) is -0.384. The molecule has 1 saturated heterocycles. The first-order valence-electron chi connectivity index (χ1n) is 6.22. The second-order valence-corrected chi connectivity index (χ2v) is 6.05. The first-order chi connectivity index (χ1) is 7.96. The van der Waals surface area contributed by atoms with Gasteiger partial charge in [0.1, 0.15) is 0 Å². The summed E-state index contributed by atoms with van der Waals surface area (Å²) in [7, 11) is 0. The largest absolute Gasteiger partial charge is 0.390 e. The molecule has 1 amide bonds. The lowest BCUT2D eigenvalue weighted by Crippen LogP contribution is -2.44. The number of nitrogens with two attached hydrogens (primary N) is 1. The SMILES string of the molecule is CSCC[C@@H](N)C(=O)N1CCCC(C)(O)CC1. The lowest BCUT2D eigenvalue weighted by Gasteiger charge is -2.25. The van der Waals surface area contributed by atoms with Crippen LogP contribution in [0.4, 0.5) is 0 Å². The summed E-state index contributed by atoms with van der Waals surface area (Å²) in [6.45, 7) is 3.19. The van der Waals surface area contributed by atoms with E-state index in [0.717, 1.165) is 31.6 Å². The average molecular weight is 260 g/mol. The molecule has 1 unspecified atom stereocenters. The fraction of sp³-hybridized carbons (Fsp3) is 0.917. The van der Waals surface area contributed by atoms with Crippen LogP contribution in [0.5, 0.6) is 0 Å². The molecule has 4 nitrogen and oxygen atoms in total. The van der Waals surface area contributed by atoms with Crippen molar-refractivity contribution in [3.8, 4) is 0 Å². The molecule has 2 atom stereocenters. The van der Waals surface area contributed by atoms with Crippen LogP contribution < -0.4 is 5.73 Å². The van der Waals surface area contributed by atoms with E-state index in [0.29, 0.717) is 13.0 Å². The predicted molar refractivity (Wildman–Crippen MR) is 72.0 cm³/mol. The Balaban J connectivity index is 2.46. The standard InChI is InChI=1S/C12H24N2O2S/c1-12(16)5-3-7-14(8-6-12)11(15)10(13)4-9-17-2/h10,16H,3-9,13H2,1-2H3/t10-,12?/m1/s1. The second-order valence-electron chi connectivity index (χ2n) is 5.06. The van der Waals surface area contributed by atoms with Crippen molar-refractivity contribution < 1.29 is 9.90 Å². The molecule has 1 heterocycles. The van der Waals surface area contributed by atoms with Gasteiger partial charge in [-0.2, -0.15) is 11.8 Å². The van der Waals surface area contributed by atoms with Crippen molar-refractivity contribution in [1.82, 2.24) is 4.90 Å². The van der Waals surface area contributed by atoms with E-state index in [2.05, 4.69) is 0 Å². The minimum atomic E-state index is -0.627. The number of nitrogens with zero attached hydrogens (tertiary/aromatic N) is 1. The molecule has 17 heavy (non-hydrogen) atoms. The summed E-state index contributed by atoms with van der Waals surface area (Å²) in [5.41, 5.74) is 5.26. The van der Waals surface area contributed by atoms with Gasteiger partial charge in [0.15, 0.2) is 0 Å². The summed E-state index contributed by atoms with van der Waals surface area (Å²) in [6.07, 6.45) is 5.01. The van der Waals surface area contributed by atoms with Gasteiger partial charge in [0, 0.05) is 13.1 Å². The van der Waals surface area contributed by atoms with Crippen LogP contribution in [0, 0.1) is 0 Å². The van der Waals surface area contributed by atoms with Gasteiger partial charge in [0.25, 0.3) is 0 Å². The highest BCUT2D eigenvalue weighted by atomic mass is 32.2. The minimum absolute atomic E-state index is 0.0387. The van der Waals surface area contributed by atoms with E-state index in [9.17, 15) is 9.90 Å². The number of hydrogen-bond donors (Lipinski definition) is 2. The third kappa shape index (κ3) is 4.85. The van der Waals surface area contributed by atoms with Gasteiger partial charge in [0.2, 0.25) is 5.91 Å². The number of amides is 1. The molecule has 1 aliphatic rings. The highest BCUT2D eigenvalue weighted by Gasteiger charge is 2.28. The van der Waals surface area contributed by atoms with Gasteiger partial charge in [-0.25, -0.2) is 0 Å². The molecule has 1 rings (SSSR count). The van der Waals surface area contributed by atoms with Crippen molar-refractivity contribution in [3.63, 3.8) is 0 Å². The van der Waals surface area contributed by atoms with E-state index in [1.165, 1.54) is 0 Å². The quantitative estimate of drug-likeness (QED) is 0.786. The zero-order valence-electron chi connectivity index (χ0n) is 10.8. The van der Waals surface area contributed by atoms with Gasteiger partial charge in [-0.15, -0.1) is 0 Å². The molecule has 0 radical (unpaired) electrons.